The molecule has 2 saturated carbocycles. The number of hydrogen-bond donors (Lipinski definition) is 0. The Bertz CT molecular complexity index is 217. The maximum Gasteiger partial charge on any atom is 0.0628 e. The molecule has 0 aromatic carbocycles. The largest absolute Gasteiger partial charge is 0.382 e. The Kier molecular flexibility index (Phi) is 7.23. The van der Waals surface area contributed by atoms with Gasteiger partial charge in [0.2, 0.25) is 0 Å². The molecule has 0 aromatic heterocycles. The SMILES string of the molecule is CCOCCC(OC1CCCCC1)C1CCCCC1. The molecular formula is C17H32O2. The second kappa shape index (κ2) is 8.97. The van der Waals surface area contributed by atoms with Crippen LogP contribution in [0, 0.1) is 5.92 Å². The average Bonchev–Trinajstić information content (AvgIpc) is 2.48. The number of ether oxygens (including phenoxy) is 2. The smallest absolute Gasteiger partial charge is 0.0628 e. The van der Waals surface area contributed by atoms with Crippen molar-refractivity contribution in [1.82, 2.24) is 0 Å². The van der Waals surface area contributed by atoms with Gasteiger partial charge in [0.25, 0.3) is 0 Å². The molecule has 1 atom stereocenters. The Hall–Kier alpha value is -0.0800. The maximum absolute atomic E-state index is 6.50. The zero-order valence-corrected chi connectivity index (χ0v) is 12.7. The summed E-state index contributed by atoms with van der Waals surface area (Å²) in [5.41, 5.74) is 0. The minimum absolute atomic E-state index is 0.468. The second-order valence-electron chi connectivity index (χ2n) is 6.32. The van der Waals surface area contributed by atoms with Gasteiger partial charge < -0.3 is 9.47 Å². The summed E-state index contributed by atoms with van der Waals surface area (Å²) in [6.07, 6.45) is 15.8. The molecule has 2 rings (SSSR count). The van der Waals surface area contributed by atoms with E-state index in [1.54, 1.807) is 0 Å². The first-order valence-corrected chi connectivity index (χ1v) is 8.63. The van der Waals surface area contributed by atoms with E-state index in [1.807, 2.05) is 0 Å². The van der Waals surface area contributed by atoms with Crippen molar-refractivity contribution in [3.8, 4) is 0 Å². The van der Waals surface area contributed by atoms with Crippen molar-refractivity contribution < 1.29 is 9.47 Å². The van der Waals surface area contributed by atoms with Crippen molar-refractivity contribution in [2.24, 2.45) is 5.92 Å². The molecule has 0 N–H and O–H groups in total. The third-order valence-corrected chi connectivity index (χ3v) is 4.85. The molecule has 2 aliphatic rings. The predicted molar refractivity (Wildman–Crippen MR) is 79.4 cm³/mol. The molecule has 0 heterocycles. The van der Waals surface area contributed by atoms with Gasteiger partial charge in [-0.2, -0.15) is 0 Å². The van der Waals surface area contributed by atoms with E-state index in [-0.39, 0.29) is 0 Å². The van der Waals surface area contributed by atoms with Crippen molar-refractivity contribution in [2.45, 2.75) is 89.8 Å². The highest BCUT2D eigenvalue weighted by Gasteiger charge is 2.27. The van der Waals surface area contributed by atoms with Gasteiger partial charge in [0, 0.05) is 13.2 Å². The fraction of sp³-hybridized carbons (Fsp3) is 1.00. The van der Waals surface area contributed by atoms with Crippen molar-refractivity contribution in [3.63, 3.8) is 0 Å². The minimum atomic E-state index is 0.468. The van der Waals surface area contributed by atoms with Gasteiger partial charge in [-0.1, -0.05) is 38.5 Å². The predicted octanol–water partition coefficient (Wildman–Crippen LogP) is 4.71. The van der Waals surface area contributed by atoms with Crippen LogP contribution in [-0.2, 0) is 9.47 Å². The van der Waals surface area contributed by atoms with Gasteiger partial charge in [-0.3, -0.25) is 0 Å². The van der Waals surface area contributed by atoms with E-state index in [0.717, 1.165) is 25.6 Å². The fourth-order valence-electron chi connectivity index (χ4n) is 3.71. The van der Waals surface area contributed by atoms with E-state index in [1.165, 1.54) is 64.2 Å². The van der Waals surface area contributed by atoms with Gasteiger partial charge in [-0.15, -0.1) is 0 Å². The molecule has 2 aliphatic carbocycles. The summed E-state index contributed by atoms with van der Waals surface area (Å²) < 4.78 is 12.1. The monoisotopic (exact) mass is 268 g/mol. The van der Waals surface area contributed by atoms with E-state index < -0.39 is 0 Å². The van der Waals surface area contributed by atoms with E-state index in [4.69, 9.17) is 9.47 Å². The van der Waals surface area contributed by atoms with E-state index in [9.17, 15) is 0 Å². The Balaban J connectivity index is 1.80. The summed E-state index contributed by atoms with van der Waals surface area (Å²) in [5, 5.41) is 0. The molecule has 0 aliphatic heterocycles. The lowest BCUT2D eigenvalue weighted by Crippen LogP contribution is -2.32. The minimum Gasteiger partial charge on any atom is -0.382 e. The number of rotatable bonds is 7. The molecule has 0 saturated heterocycles. The van der Waals surface area contributed by atoms with Crippen LogP contribution in [0.1, 0.15) is 77.6 Å². The molecule has 0 amide bonds. The normalized spacial score (nSPS) is 24.5. The quantitative estimate of drug-likeness (QED) is 0.622. The molecular weight excluding hydrogens is 236 g/mol. The number of hydrogen-bond acceptors (Lipinski definition) is 2. The maximum atomic E-state index is 6.50. The van der Waals surface area contributed by atoms with E-state index in [2.05, 4.69) is 6.92 Å². The van der Waals surface area contributed by atoms with Gasteiger partial charge in [0.05, 0.1) is 12.2 Å². The molecule has 2 nitrogen and oxygen atoms in total. The summed E-state index contributed by atoms with van der Waals surface area (Å²) in [6, 6.07) is 0. The summed E-state index contributed by atoms with van der Waals surface area (Å²) in [5.74, 6) is 0.802. The Labute approximate surface area is 119 Å². The Morgan fingerprint density at radius 3 is 2.16 bits per heavy atom. The molecule has 2 heteroatoms. The van der Waals surface area contributed by atoms with Crippen molar-refractivity contribution in [2.75, 3.05) is 13.2 Å². The van der Waals surface area contributed by atoms with Crippen LogP contribution in [0.15, 0.2) is 0 Å². The van der Waals surface area contributed by atoms with Crippen LogP contribution >= 0.6 is 0 Å². The highest BCUT2D eigenvalue weighted by Crippen LogP contribution is 2.32. The van der Waals surface area contributed by atoms with Crippen molar-refractivity contribution >= 4 is 0 Å². The Morgan fingerprint density at radius 2 is 1.53 bits per heavy atom. The molecule has 1 unspecified atom stereocenters. The van der Waals surface area contributed by atoms with Crippen LogP contribution in [0.25, 0.3) is 0 Å². The van der Waals surface area contributed by atoms with Crippen LogP contribution in [0.5, 0.6) is 0 Å². The molecule has 0 aromatic rings. The molecule has 0 spiro atoms. The van der Waals surface area contributed by atoms with E-state index in [0.29, 0.717) is 12.2 Å². The van der Waals surface area contributed by atoms with Crippen molar-refractivity contribution in [1.29, 1.82) is 0 Å². The summed E-state index contributed by atoms with van der Waals surface area (Å²) in [7, 11) is 0. The third kappa shape index (κ3) is 5.43. The van der Waals surface area contributed by atoms with E-state index >= 15 is 0 Å². The lowest BCUT2D eigenvalue weighted by atomic mass is 9.84. The standard InChI is InChI=1S/C17H32O2/c1-2-18-14-13-17(15-9-5-3-6-10-15)19-16-11-7-4-8-12-16/h15-17H,2-14H2,1H3. The fourth-order valence-corrected chi connectivity index (χ4v) is 3.71. The highest BCUT2D eigenvalue weighted by atomic mass is 16.5. The summed E-state index contributed by atoms with van der Waals surface area (Å²) in [6.45, 7) is 3.79. The van der Waals surface area contributed by atoms with Crippen LogP contribution < -0.4 is 0 Å². The van der Waals surface area contributed by atoms with Crippen LogP contribution in [0.4, 0.5) is 0 Å². The molecule has 2 fully saturated rings. The second-order valence-corrected chi connectivity index (χ2v) is 6.32. The van der Waals surface area contributed by atoms with Crippen LogP contribution in [0.3, 0.4) is 0 Å². The first kappa shape index (κ1) is 15.3. The average molecular weight is 268 g/mol. The molecule has 0 bridgehead atoms. The first-order chi connectivity index (χ1) is 9.40. The van der Waals surface area contributed by atoms with Crippen LogP contribution in [-0.4, -0.2) is 25.4 Å². The van der Waals surface area contributed by atoms with Gasteiger partial charge in [-0.25, -0.2) is 0 Å². The lowest BCUT2D eigenvalue weighted by molar-refractivity contribution is -0.0763. The molecule has 19 heavy (non-hydrogen) atoms. The molecule has 0 radical (unpaired) electrons. The van der Waals surface area contributed by atoms with Gasteiger partial charge in [-0.05, 0) is 44.9 Å². The first-order valence-electron chi connectivity index (χ1n) is 8.63. The highest BCUT2D eigenvalue weighted by molar-refractivity contribution is 4.77. The lowest BCUT2D eigenvalue weighted by Gasteiger charge is -2.34. The van der Waals surface area contributed by atoms with Crippen molar-refractivity contribution in [3.05, 3.63) is 0 Å². The molecule has 112 valence electrons. The van der Waals surface area contributed by atoms with Gasteiger partial charge in [0.15, 0.2) is 0 Å². The zero-order valence-electron chi connectivity index (χ0n) is 12.7. The van der Waals surface area contributed by atoms with Crippen LogP contribution in [0.2, 0.25) is 0 Å². The Morgan fingerprint density at radius 1 is 0.895 bits per heavy atom. The summed E-state index contributed by atoms with van der Waals surface area (Å²) >= 11 is 0. The van der Waals surface area contributed by atoms with Gasteiger partial charge in [0.1, 0.15) is 0 Å². The summed E-state index contributed by atoms with van der Waals surface area (Å²) in [4.78, 5) is 0. The van der Waals surface area contributed by atoms with Gasteiger partial charge >= 0.3 is 0 Å². The third-order valence-electron chi connectivity index (χ3n) is 4.85. The topological polar surface area (TPSA) is 18.5 Å². The zero-order chi connectivity index (χ0) is 13.3.